The fourth-order valence-electron chi connectivity index (χ4n) is 3.05. The predicted octanol–water partition coefficient (Wildman–Crippen LogP) is 5.81. The number of nitrogens with zero attached hydrogens (tertiary/aromatic N) is 2. The predicted molar refractivity (Wildman–Crippen MR) is 117 cm³/mol. The lowest BCUT2D eigenvalue weighted by molar-refractivity contribution is 1.14. The molecular weight excluding hydrogens is 316 g/mol. The third-order valence-corrected chi connectivity index (χ3v) is 4.50. The lowest BCUT2D eigenvalue weighted by Crippen LogP contribution is -2.08. The zero-order valence-corrected chi connectivity index (χ0v) is 16.0. The average molecular weight is 342 g/mol. The Bertz CT molecular complexity index is 991. The molecule has 0 radical (unpaired) electrons. The minimum absolute atomic E-state index is 1.25. The lowest BCUT2D eigenvalue weighted by Gasteiger charge is -2.14. The van der Waals surface area contributed by atoms with Crippen molar-refractivity contribution < 1.29 is 0 Å². The zero-order chi connectivity index (χ0) is 18.5. The highest BCUT2D eigenvalue weighted by Crippen LogP contribution is 2.24. The lowest BCUT2D eigenvalue weighted by atomic mass is 10.1. The number of hydrogen-bond acceptors (Lipinski definition) is 2. The van der Waals surface area contributed by atoms with Crippen molar-refractivity contribution in [3.8, 4) is 0 Å². The van der Waals surface area contributed by atoms with Crippen molar-refractivity contribution in [1.29, 1.82) is 0 Å². The molecule has 0 saturated carbocycles. The Kier molecular flexibility index (Phi) is 5.43. The van der Waals surface area contributed by atoms with E-state index in [1.54, 1.807) is 0 Å². The highest BCUT2D eigenvalue weighted by molar-refractivity contribution is 5.94. The van der Waals surface area contributed by atoms with Crippen LogP contribution in [0, 0.1) is 0 Å². The van der Waals surface area contributed by atoms with E-state index < -0.39 is 0 Å². The van der Waals surface area contributed by atoms with Gasteiger partial charge in [0, 0.05) is 45.0 Å². The van der Waals surface area contributed by atoms with Crippen LogP contribution in [0.5, 0.6) is 0 Å². The van der Waals surface area contributed by atoms with Crippen LogP contribution in [0.1, 0.15) is 0 Å². The monoisotopic (exact) mass is 342 g/mol. The van der Waals surface area contributed by atoms with Gasteiger partial charge < -0.3 is 9.80 Å². The van der Waals surface area contributed by atoms with Gasteiger partial charge in [-0.2, -0.15) is 0 Å². The van der Waals surface area contributed by atoms with Crippen molar-refractivity contribution in [2.75, 3.05) is 38.0 Å². The standard InChI is InChI=1S/2C12H13N/c1-13(2)12-9-5-7-10-6-3-4-8-11(10)12;1-13(2)12-8-7-10-5-3-4-6-11(10)9-12/h2*3-9H,1-2H3. The summed E-state index contributed by atoms with van der Waals surface area (Å²) in [5.74, 6) is 0. The normalized spacial score (nSPS) is 10.3. The molecular formula is C24H26N2. The Morgan fingerprint density at radius 1 is 0.500 bits per heavy atom. The Hall–Kier alpha value is -3.00. The second-order valence-electron chi connectivity index (χ2n) is 6.82. The molecule has 0 aliphatic carbocycles. The Morgan fingerprint density at radius 2 is 1.12 bits per heavy atom. The second kappa shape index (κ2) is 7.92. The van der Waals surface area contributed by atoms with Crippen LogP contribution in [-0.4, -0.2) is 28.2 Å². The molecule has 0 N–H and O–H groups in total. The molecule has 0 atom stereocenters. The minimum atomic E-state index is 1.25. The first-order chi connectivity index (χ1) is 12.6. The fraction of sp³-hybridized carbons (Fsp3) is 0.167. The summed E-state index contributed by atoms with van der Waals surface area (Å²) < 4.78 is 0. The summed E-state index contributed by atoms with van der Waals surface area (Å²) in [6, 6.07) is 29.7. The van der Waals surface area contributed by atoms with E-state index in [4.69, 9.17) is 0 Å². The maximum absolute atomic E-state index is 2.20. The maximum atomic E-state index is 2.20. The SMILES string of the molecule is CN(C)c1ccc2ccccc2c1.CN(C)c1cccc2ccccc12. The van der Waals surface area contributed by atoms with Gasteiger partial charge in [-0.15, -0.1) is 0 Å². The van der Waals surface area contributed by atoms with Crippen LogP contribution in [0.15, 0.2) is 84.9 Å². The Balaban J connectivity index is 0.000000151. The first-order valence-corrected chi connectivity index (χ1v) is 8.87. The summed E-state index contributed by atoms with van der Waals surface area (Å²) >= 11 is 0. The summed E-state index contributed by atoms with van der Waals surface area (Å²) in [4.78, 5) is 4.26. The smallest absolute Gasteiger partial charge is 0.0440 e. The third-order valence-electron chi connectivity index (χ3n) is 4.50. The molecule has 0 aliphatic heterocycles. The Morgan fingerprint density at radius 3 is 1.81 bits per heavy atom. The molecule has 4 rings (SSSR count). The molecule has 4 aromatic rings. The van der Waals surface area contributed by atoms with E-state index in [0.717, 1.165) is 0 Å². The van der Waals surface area contributed by atoms with Gasteiger partial charge in [0.15, 0.2) is 0 Å². The van der Waals surface area contributed by atoms with Crippen molar-refractivity contribution in [1.82, 2.24) is 0 Å². The molecule has 0 amide bonds. The van der Waals surface area contributed by atoms with E-state index >= 15 is 0 Å². The van der Waals surface area contributed by atoms with Crippen LogP contribution in [-0.2, 0) is 0 Å². The van der Waals surface area contributed by atoms with Crippen molar-refractivity contribution >= 4 is 32.9 Å². The molecule has 2 heteroatoms. The van der Waals surface area contributed by atoms with Crippen molar-refractivity contribution in [3.05, 3.63) is 84.9 Å². The number of anilines is 2. The molecule has 0 aliphatic rings. The van der Waals surface area contributed by atoms with E-state index in [-0.39, 0.29) is 0 Å². The number of rotatable bonds is 2. The largest absolute Gasteiger partial charge is 0.378 e. The Labute approximate surface area is 156 Å². The van der Waals surface area contributed by atoms with Gasteiger partial charge in [-0.25, -0.2) is 0 Å². The van der Waals surface area contributed by atoms with Gasteiger partial charge in [-0.3, -0.25) is 0 Å². The summed E-state index contributed by atoms with van der Waals surface area (Å²) in [5, 5.41) is 5.21. The van der Waals surface area contributed by atoms with Gasteiger partial charge in [0.1, 0.15) is 0 Å². The topological polar surface area (TPSA) is 6.48 Å². The van der Waals surface area contributed by atoms with Gasteiger partial charge in [-0.05, 0) is 34.4 Å². The molecule has 0 bridgehead atoms. The van der Waals surface area contributed by atoms with Gasteiger partial charge in [0.25, 0.3) is 0 Å². The molecule has 0 heterocycles. The minimum Gasteiger partial charge on any atom is -0.378 e. The summed E-state index contributed by atoms with van der Waals surface area (Å²) in [6.45, 7) is 0. The molecule has 0 saturated heterocycles. The summed E-state index contributed by atoms with van der Waals surface area (Å²) in [6.07, 6.45) is 0. The second-order valence-corrected chi connectivity index (χ2v) is 6.82. The fourth-order valence-corrected chi connectivity index (χ4v) is 3.05. The van der Waals surface area contributed by atoms with Crippen LogP contribution in [0.3, 0.4) is 0 Å². The molecule has 0 aromatic heterocycles. The van der Waals surface area contributed by atoms with Crippen LogP contribution in [0.2, 0.25) is 0 Å². The number of fused-ring (bicyclic) bond motifs is 2. The molecule has 26 heavy (non-hydrogen) atoms. The quantitative estimate of drug-likeness (QED) is 0.453. The van der Waals surface area contributed by atoms with Crippen molar-refractivity contribution in [2.45, 2.75) is 0 Å². The van der Waals surface area contributed by atoms with Crippen LogP contribution in [0.4, 0.5) is 11.4 Å². The van der Waals surface area contributed by atoms with Crippen LogP contribution < -0.4 is 9.80 Å². The number of benzene rings is 4. The third kappa shape index (κ3) is 3.97. The van der Waals surface area contributed by atoms with E-state index in [1.807, 2.05) is 0 Å². The van der Waals surface area contributed by atoms with E-state index in [1.165, 1.54) is 32.9 Å². The van der Waals surface area contributed by atoms with Crippen molar-refractivity contribution in [2.24, 2.45) is 0 Å². The molecule has 0 spiro atoms. The average Bonchev–Trinajstić information content (AvgIpc) is 2.67. The highest BCUT2D eigenvalue weighted by atomic mass is 15.1. The van der Waals surface area contributed by atoms with Gasteiger partial charge in [0.2, 0.25) is 0 Å². The van der Waals surface area contributed by atoms with Crippen LogP contribution >= 0.6 is 0 Å². The molecule has 2 nitrogen and oxygen atoms in total. The molecule has 0 unspecified atom stereocenters. The maximum Gasteiger partial charge on any atom is 0.0440 e. The van der Waals surface area contributed by atoms with Gasteiger partial charge in [-0.1, -0.05) is 66.7 Å². The molecule has 4 aromatic carbocycles. The van der Waals surface area contributed by atoms with Gasteiger partial charge in [0.05, 0.1) is 0 Å². The van der Waals surface area contributed by atoms with Gasteiger partial charge >= 0.3 is 0 Å². The first kappa shape index (κ1) is 17.8. The van der Waals surface area contributed by atoms with Crippen molar-refractivity contribution in [3.63, 3.8) is 0 Å². The first-order valence-electron chi connectivity index (χ1n) is 8.87. The summed E-state index contributed by atoms with van der Waals surface area (Å²) in [7, 11) is 8.26. The van der Waals surface area contributed by atoms with E-state index in [2.05, 4.69) is 123 Å². The molecule has 0 fully saturated rings. The molecule has 132 valence electrons. The zero-order valence-electron chi connectivity index (χ0n) is 16.0. The summed E-state index contributed by atoms with van der Waals surface area (Å²) in [5.41, 5.74) is 2.52. The highest BCUT2D eigenvalue weighted by Gasteiger charge is 2.00. The van der Waals surface area contributed by atoms with E-state index in [0.29, 0.717) is 0 Å². The van der Waals surface area contributed by atoms with Crippen LogP contribution in [0.25, 0.3) is 21.5 Å². The number of hydrogen-bond donors (Lipinski definition) is 0. The van der Waals surface area contributed by atoms with E-state index in [9.17, 15) is 0 Å².